The van der Waals surface area contributed by atoms with Gasteiger partial charge in [0, 0.05) is 37.0 Å². The number of anilines is 1. The Morgan fingerprint density at radius 3 is 2.76 bits per heavy atom. The van der Waals surface area contributed by atoms with Crippen molar-refractivity contribution < 1.29 is 14.9 Å². The number of likely N-dealkylation sites (N-methyl/N-ethyl adjacent to an activating group) is 1. The van der Waals surface area contributed by atoms with E-state index in [2.05, 4.69) is 0 Å². The molecule has 5 heteroatoms. The van der Waals surface area contributed by atoms with Crippen molar-refractivity contribution in [3.63, 3.8) is 0 Å². The molecule has 1 rings (SSSR count). The predicted molar refractivity (Wildman–Crippen MR) is 68.5 cm³/mol. The van der Waals surface area contributed by atoms with Crippen molar-refractivity contribution in [2.75, 3.05) is 32.2 Å². The van der Waals surface area contributed by atoms with Crippen molar-refractivity contribution in [2.45, 2.75) is 12.7 Å². The van der Waals surface area contributed by atoms with Crippen LogP contribution in [0.25, 0.3) is 0 Å². The van der Waals surface area contributed by atoms with Crippen LogP contribution in [0.3, 0.4) is 0 Å². The van der Waals surface area contributed by atoms with E-state index >= 15 is 0 Å². The smallest absolute Gasteiger partial charge is 0.0947 e. The van der Waals surface area contributed by atoms with Crippen LogP contribution in [-0.2, 0) is 11.3 Å². The summed E-state index contributed by atoms with van der Waals surface area (Å²) in [7, 11) is 3.38. The predicted octanol–water partition coefficient (Wildman–Crippen LogP) is 1.28. The molecule has 0 aliphatic rings. The van der Waals surface area contributed by atoms with Gasteiger partial charge in [0.15, 0.2) is 0 Å². The molecular weight excluding hydrogens is 242 g/mol. The first-order valence-electron chi connectivity index (χ1n) is 5.36. The summed E-state index contributed by atoms with van der Waals surface area (Å²) in [6.45, 7) is 0.570. The quantitative estimate of drug-likeness (QED) is 0.808. The summed E-state index contributed by atoms with van der Waals surface area (Å²) >= 11 is 6.00. The number of benzene rings is 1. The highest BCUT2D eigenvalue weighted by Gasteiger charge is 2.13. The summed E-state index contributed by atoms with van der Waals surface area (Å²) in [6, 6.07) is 5.41. The zero-order chi connectivity index (χ0) is 12.8. The third-order valence-electron chi connectivity index (χ3n) is 2.51. The van der Waals surface area contributed by atoms with E-state index in [9.17, 15) is 10.2 Å². The van der Waals surface area contributed by atoms with E-state index in [1.807, 2.05) is 24.1 Å². The Hall–Kier alpha value is -0.810. The van der Waals surface area contributed by atoms with Crippen LogP contribution in [0.2, 0.25) is 5.02 Å². The number of hydrogen-bond donors (Lipinski definition) is 2. The van der Waals surface area contributed by atoms with Gasteiger partial charge in [-0.25, -0.2) is 0 Å². The molecule has 0 fully saturated rings. The highest BCUT2D eigenvalue weighted by molar-refractivity contribution is 6.31. The largest absolute Gasteiger partial charge is 0.392 e. The van der Waals surface area contributed by atoms with Gasteiger partial charge in [-0.1, -0.05) is 17.7 Å². The van der Waals surface area contributed by atoms with Crippen molar-refractivity contribution in [1.29, 1.82) is 0 Å². The van der Waals surface area contributed by atoms with Crippen LogP contribution in [0.15, 0.2) is 18.2 Å². The minimum atomic E-state index is -0.574. The van der Waals surface area contributed by atoms with Crippen molar-refractivity contribution >= 4 is 17.3 Å². The maximum atomic E-state index is 9.65. The number of halogens is 1. The maximum absolute atomic E-state index is 9.65. The van der Waals surface area contributed by atoms with E-state index in [4.69, 9.17) is 16.3 Å². The Kier molecular flexibility index (Phi) is 5.71. The Bertz CT molecular complexity index is 360. The molecule has 1 unspecified atom stereocenters. The molecular formula is C12H18ClNO3. The van der Waals surface area contributed by atoms with Gasteiger partial charge in [-0.3, -0.25) is 0 Å². The number of aliphatic hydroxyl groups is 2. The molecule has 1 atom stereocenters. The normalized spacial score (nSPS) is 12.5. The van der Waals surface area contributed by atoms with Gasteiger partial charge in [0.05, 0.1) is 19.3 Å². The van der Waals surface area contributed by atoms with E-state index in [1.165, 1.54) is 0 Å². The maximum Gasteiger partial charge on any atom is 0.0947 e. The lowest BCUT2D eigenvalue weighted by molar-refractivity contribution is 0.0694. The second-order valence-corrected chi connectivity index (χ2v) is 4.29. The van der Waals surface area contributed by atoms with Gasteiger partial charge < -0.3 is 19.8 Å². The van der Waals surface area contributed by atoms with Crippen LogP contribution in [0.5, 0.6) is 0 Å². The first-order chi connectivity index (χ1) is 8.10. The lowest BCUT2D eigenvalue weighted by Gasteiger charge is -2.24. The van der Waals surface area contributed by atoms with Crippen molar-refractivity contribution in [2.24, 2.45) is 0 Å². The second kappa shape index (κ2) is 6.81. The molecule has 1 aromatic carbocycles. The molecule has 0 radical (unpaired) electrons. The molecule has 96 valence electrons. The molecule has 4 nitrogen and oxygen atoms in total. The van der Waals surface area contributed by atoms with Crippen LogP contribution in [-0.4, -0.2) is 43.6 Å². The Morgan fingerprint density at radius 1 is 1.47 bits per heavy atom. The van der Waals surface area contributed by atoms with Gasteiger partial charge in [0.1, 0.15) is 0 Å². The highest BCUT2D eigenvalue weighted by atomic mass is 35.5. The van der Waals surface area contributed by atoms with Gasteiger partial charge in [0.25, 0.3) is 0 Å². The number of ether oxygens (including phenoxy) is 1. The average Bonchev–Trinajstić information content (AvgIpc) is 2.28. The van der Waals surface area contributed by atoms with Gasteiger partial charge >= 0.3 is 0 Å². The summed E-state index contributed by atoms with van der Waals surface area (Å²) in [4.78, 5) is 1.85. The third-order valence-corrected chi connectivity index (χ3v) is 2.86. The molecule has 17 heavy (non-hydrogen) atoms. The fourth-order valence-corrected chi connectivity index (χ4v) is 1.95. The zero-order valence-corrected chi connectivity index (χ0v) is 10.8. The highest BCUT2D eigenvalue weighted by Crippen LogP contribution is 2.26. The SMILES string of the molecule is COCC(O)CN(C)c1cccc(Cl)c1CO. The van der Waals surface area contributed by atoms with Gasteiger partial charge in [-0.2, -0.15) is 0 Å². The molecule has 2 N–H and O–H groups in total. The Labute approximate surface area is 106 Å². The Morgan fingerprint density at radius 2 is 2.18 bits per heavy atom. The van der Waals surface area contributed by atoms with E-state index in [-0.39, 0.29) is 13.2 Å². The first-order valence-corrected chi connectivity index (χ1v) is 5.74. The summed E-state index contributed by atoms with van der Waals surface area (Å²) in [6.07, 6.45) is -0.574. The average molecular weight is 260 g/mol. The molecule has 0 heterocycles. The number of aliphatic hydroxyl groups excluding tert-OH is 2. The third kappa shape index (κ3) is 3.85. The number of nitrogens with zero attached hydrogens (tertiary/aromatic N) is 1. The number of hydrogen-bond acceptors (Lipinski definition) is 4. The van der Waals surface area contributed by atoms with Gasteiger partial charge in [0.2, 0.25) is 0 Å². The van der Waals surface area contributed by atoms with Crippen LogP contribution in [0, 0.1) is 0 Å². The molecule has 0 saturated carbocycles. The Balaban J connectivity index is 2.81. The second-order valence-electron chi connectivity index (χ2n) is 3.89. The minimum Gasteiger partial charge on any atom is -0.392 e. The molecule has 0 aliphatic heterocycles. The van der Waals surface area contributed by atoms with Crippen LogP contribution >= 0.6 is 11.6 Å². The summed E-state index contributed by atoms with van der Waals surface area (Å²) < 4.78 is 4.87. The van der Waals surface area contributed by atoms with E-state index < -0.39 is 6.10 Å². The molecule has 0 amide bonds. The molecule has 0 saturated heterocycles. The van der Waals surface area contributed by atoms with Crippen LogP contribution in [0.1, 0.15) is 5.56 Å². The van der Waals surface area contributed by atoms with Crippen LogP contribution in [0.4, 0.5) is 5.69 Å². The summed E-state index contributed by atoms with van der Waals surface area (Å²) in [5, 5.41) is 19.5. The van der Waals surface area contributed by atoms with Crippen molar-refractivity contribution in [1.82, 2.24) is 0 Å². The molecule has 0 bridgehead atoms. The molecule has 0 aliphatic carbocycles. The summed E-state index contributed by atoms with van der Waals surface area (Å²) in [5.41, 5.74) is 1.48. The lowest BCUT2D eigenvalue weighted by atomic mass is 10.1. The van der Waals surface area contributed by atoms with Crippen molar-refractivity contribution in [3.05, 3.63) is 28.8 Å². The zero-order valence-electron chi connectivity index (χ0n) is 10.1. The number of methoxy groups -OCH3 is 1. The van der Waals surface area contributed by atoms with Crippen LogP contribution < -0.4 is 4.90 Å². The van der Waals surface area contributed by atoms with E-state index in [1.54, 1.807) is 13.2 Å². The molecule has 0 spiro atoms. The van der Waals surface area contributed by atoms with Gasteiger partial charge in [-0.15, -0.1) is 0 Å². The first kappa shape index (κ1) is 14.3. The number of rotatable bonds is 6. The molecule has 0 aromatic heterocycles. The van der Waals surface area contributed by atoms with Crippen molar-refractivity contribution in [3.8, 4) is 0 Å². The minimum absolute atomic E-state index is 0.125. The fraction of sp³-hybridized carbons (Fsp3) is 0.500. The topological polar surface area (TPSA) is 52.9 Å². The van der Waals surface area contributed by atoms with E-state index in [0.717, 1.165) is 5.69 Å². The fourth-order valence-electron chi connectivity index (χ4n) is 1.72. The summed E-state index contributed by atoms with van der Waals surface area (Å²) in [5.74, 6) is 0. The lowest BCUT2D eigenvalue weighted by Crippen LogP contribution is -2.32. The van der Waals surface area contributed by atoms with E-state index in [0.29, 0.717) is 17.1 Å². The van der Waals surface area contributed by atoms with Gasteiger partial charge in [-0.05, 0) is 12.1 Å². The standard InChI is InChI=1S/C12H18ClNO3/c1-14(6-9(16)8-17-2)12-5-3-4-11(13)10(12)7-15/h3-5,9,15-16H,6-8H2,1-2H3. The molecule has 1 aromatic rings. The monoisotopic (exact) mass is 259 g/mol.